The third kappa shape index (κ3) is 3.99. The minimum absolute atomic E-state index is 0.247. The van der Waals surface area contributed by atoms with E-state index in [1.54, 1.807) is 12.1 Å². The number of sulfone groups is 1. The molecule has 1 aromatic carbocycles. The molecule has 0 spiro atoms. The fraction of sp³-hybridized carbons (Fsp3) is 0.650. The summed E-state index contributed by atoms with van der Waals surface area (Å²) in [7, 11) is -3.28. The van der Waals surface area contributed by atoms with E-state index in [9.17, 15) is 18.1 Å². The lowest BCUT2D eigenvalue weighted by Crippen LogP contribution is -2.21. The van der Waals surface area contributed by atoms with Crippen LogP contribution in [-0.2, 0) is 19.4 Å². The molecular formula is C20H25NO5S. The molecule has 4 rings (SSSR count). The summed E-state index contributed by atoms with van der Waals surface area (Å²) in [6, 6.07) is 5.24. The van der Waals surface area contributed by atoms with Gasteiger partial charge in [0.2, 0.25) is 0 Å². The molecule has 27 heavy (non-hydrogen) atoms. The fourth-order valence-corrected chi connectivity index (χ4v) is 6.00. The van der Waals surface area contributed by atoms with Crippen molar-refractivity contribution in [1.82, 2.24) is 0 Å². The van der Waals surface area contributed by atoms with E-state index in [4.69, 9.17) is 4.74 Å². The summed E-state index contributed by atoms with van der Waals surface area (Å²) in [6.45, 7) is 1.35. The highest BCUT2D eigenvalue weighted by Gasteiger charge is 2.40. The van der Waals surface area contributed by atoms with Crippen LogP contribution in [0, 0.1) is 10.8 Å². The predicted molar refractivity (Wildman–Crippen MR) is 100 cm³/mol. The Kier molecular flexibility index (Phi) is 5.16. The van der Waals surface area contributed by atoms with Crippen LogP contribution in [0.5, 0.6) is 0 Å². The molecule has 3 fully saturated rings. The van der Waals surface area contributed by atoms with Crippen molar-refractivity contribution in [1.29, 1.82) is 0 Å². The maximum Gasteiger partial charge on any atom is 0.293 e. The smallest absolute Gasteiger partial charge is 0.293 e. The van der Waals surface area contributed by atoms with Crippen molar-refractivity contribution in [3.8, 4) is 0 Å². The topological polar surface area (TPSA) is 89.9 Å². The van der Waals surface area contributed by atoms with Crippen molar-refractivity contribution >= 4 is 15.7 Å². The summed E-state index contributed by atoms with van der Waals surface area (Å²) in [5.74, 6) is -0.702. The third-order valence-corrected chi connectivity index (χ3v) is 8.36. The van der Waals surface area contributed by atoms with E-state index in [0.29, 0.717) is 30.4 Å². The zero-order chi connectivity index (χ0) is 19.0. The number of nitrogens with zero attached hydrogens (tertiary/aromatic N) is 1. The molecule has 0 N–H and O–H groups in total. The van der Waals surface area contributed by atoms with Crippen molar-refractivity contribution in [2.75, 3.05) is 13.2 Å². The van der Waals surface area contributed by atoms with E-state index in [2.05, 4.69) is 5.18 Å². The zero-order valence-corrected chi connectivity index (χ0v) is 16.1. The number of nitroso groups, excluding NO2 is 1. The summed E-state index contributed by atoms with van der Waals surface area (Å²) >= 11 is 0. The van der Waals surface area contributed by atoms with Crippen molar-refractivity contribution in [2.45, 2.75) is 66.9 Å². The molecule has 0 unspecified atom stereocenters. The highest BCUT2D eigenvalue weighted by molar-refractivity contribution is 7.92. The first-order valence-electron chi connectivity index (χ1n) is 9.83. The molecule has 146 valence electrons. The van der Waals surface area contributed by atoms with E-state index in [1.807, 2.05) is 6.07 Å². The van der Waals surface area contributed by atoms with Crippen LogP contribution in [0.3, 0.4) is 0 Å². The second-order valence-corrected chi connectivity index (χ2v) is 10.3. The van der Waals surface area contributed by atoms with Gasteiger partial charge in [-0.15, -0.1) is 4.91 Å². The highest BCUT2D eigenvalue weighted by atomic mass is 32.2. The molecule has 0 aromatic heterocycles. The molecule has 1 aromatic rings. The van der Waals surface area contributed by atoms with Crippen molar-refractivity contribution in [3.05, 3.63) is 34.2 Å². The number of hydrogen-bond donors (Lipinski definition) is 0. The molecule has 1 amide bonds. The van der Waals surface area contributed by atoms with Gasteiger partial charge in [-0.3, -0.25) is 4.79 Å². The van der Waals surface area contributed by atoms with E-state index < -0.39 is 21.7 Å². The molecular weight excluding hydrogens is 366 g/mol. The lowest BCUT2D eigenvalue weighted by atomic mass is 9.84. The Hall–Kier alpha value is -1.60. The molecule has 0 radical (unpaired) electrons. The van der Waals surface area contributed by atoms with Gasteiger partial charge in [-0.05, 0) is 74.0 Å². The van der Waals surface area contributed by atoms with Crippen LogP contribution in [0.2, 0.25) is 0 Å². The number of carbonyl (C=O) groups excluding carboxylic acids is 1. The lowest BCUT2D eigenvalue weighted by molar-refractivity contribution is -0.120. The molecule has 1 heterocycles. The maximum absolute atomic E-state index is 12.8. The van der Waals surface area contributed by atoms with Gasteiger partial charge in [-0.2, -0.15) is 0 Å². The number of benzene rings is 1. The van der Waals surface area contributed by atoms with Gasteiger partial charge in [0.05, 0.1) is 16.1 Å². The average molecular weight is 391 g/mol. The van der Waals surface area contributed by atoms with Crippen LogP contribution in [0.15, 0.2) is 28.3 Å². The van der Waals surface area contributed by atoms with E-state index >= 15 is 0 Å². The molecule has 1 atom stereocenters. The molecule has 1 saturated heterocycles. The molecule has 0 bridgehead atoms. The second-order valence-electron chi connectivity index (χ2n) is 8.09. The number of ether oxygens (including phenoxy) is 1. The standard InChI is InChI=1S/C20H25NO5S/c22-20(21-23)18(11-13-7-9-26-10-8-13)15-3-6-19(17(12-15)14-1-2-14)27(24,25)16-4-5-16/h3,6,12-14,16,18H,1-2,4-5,7-11H2/t18-/m1/s1. The summed E-state index contributed by atoms with van der Waals surface area (Å²) in [4.78, 5) is 23.7. The van der Waals surface area contributed by atoms with Crippen LogP contribution in [0.1, 0.15) is 67.9 Å². The molecule has 2 aliphatic carbocycles. The van der Waals surface area contributed by atoms with Gasteiger partial charge in [-0.25, -0.2) is 8.42 Å². The first-order chi connectivity index (χ1) is 13.0. The van der Waals surface area contributed by atoms with Gasteiger partial charge in [-0.1, -0.05) is 12.1 Å². The van der Waals surface area contributed by atoms with Crippen molar-refractivity contribution in [3.63, 3.8) is 0 Å². The summed E-state index contributed by atoms with van der Waals surface area (Å²) in [6.07, 6.45) is 5.70. The third-order valence-electron chi connectivity index (χ3n) is 6.02. The largest absolute Gasteiger partial charge is 0.381 e. The number of hydrogen-bond acceptors (Lipinski definition) is 5. The normalized spacial score (nSPS) is 22.4. The highest BCUT2D eigenvalue weighted by Crippen LogP contribution is 2.46. The zero-order valence-electron chi connectivity index (χ0n) is 15.3. The monoisotopic (exact) mass is 391 g/mol. The molecule has 3 aliphatic rings. The van der Waals surface area contributed by atoms with E-state index in [-0.39, 0.29) is 11.2 Å². The van der Waals surface area contributed by atoms with Gasteiger partial charge >= 0.3 is 0 Å². The van der Waals surface area contributed by atoms with Gasteiger partial charge in [0, 0.05) is 18.4 Å². The quantitative estimate of drug-likeness (QED) is 0.661. The van der Waals surface area contributed by atoms with Crippen molar-refractivity contribution in [2.24, 2.45) is 11.1 Å². The van der Waals surface area contributed by atoms with E-state index in [0.717, 1.165) is 49.7 Å². The Morgan fingerprint density at radius 2 is 1.81 bits per heavy atom. The Morgan fingerprint density at radius 1 is 1.11 bits per heavy atom. The Bertz CT molecular complexity index is 836. The minimum Gasteiger partial charge on any atom is -0.381 e. The first kappa shape index (κ1) is 18.7. The van der Waals surface area contributed by atoms with Crippen molar-refractivity contribution < 1.29 is 17.9 Å². The number of amides is 1. The Morgan fingerprint density at radius 3 is 2.41 bits per heavy atom. The summed E-state index contributed by atoms with van der Waals surface area (Å²) < 4.78 is 30.9. The van der Waals surface area contributed by atoms with Crippen LogP contribution in [-0.4, -0.2) is 32.8 Å². The lowest BCUT2D eigenvalue weighted by Gasteiger charge is -2.25. The maximum atomic E-state index is 12.8. The molecule has 2 saturated carbocycles. The van der Waals surface area contributed by atoms with Gasteiger partial charge in [0.1, 0.15) is 0 Å². The molecule has 6 nitrogen and oxygen atoms in total. The average Bonchev–Trinajstić information content (AvgIpc) is 3.58. The summed E-state index contributed by atoms with van der Waals surface area (Å²) in [5.41, 5.74) is 1.55. The van der Waals surface area contributed by atoms with Crippen LogP contribution < -0.4 is 0 Å². The first-order valence-corrected chi connectivity index (χ1v) is 11.4. The van der Waals surface area contributed by atoms with Crippen LogP contribution >= 0.6 is 0 Å². The summed E-state index contributed by atoms with van der Waals surface area (Å²) in [5, 5.41) is 2.44. The predicted octanol–water partition coefficient (Wildman–Crippen LogP) is 3.69. The van der Waals surface area contributed by atoms with Crippen LogP contribution in [0.4, 0.5) is 0 Å². The van der Waals surface area contributed by atoms with Gasteiger partial charge in [0.15, 0.2) is 9.84 Å². The minimum atomic E-state index is -3.28. The Balaban J connectivity index is 1.66. The van der Waals surface area contributed by atoms with Gasteiger partial charge in [0.25, 0.3) is 5.91 Å². The fourth-order valence-electron chi connectivity index (χ4n) is 4.07. The van der Waals surface area contributed by atoms with Crippen LogP contribution in [0.25, 0.3) is 0 Å². The van der Waals surface area contributed by atoms with E-state index in [1.165, 1.54) is 0 Å². The Labute approximate surface area is 159 Å². The SMILES string of the molecule is O=NC(=O)[C@H](CC1CCOCC1)c1ccc(S(=O)(=O)C2CC2)c(C2CC2)c1. The number of carbonyl (C=O) groups is 1. The molecule has 1 aliphatic heterocycles. The second kappa shape index (κ2) is 7.43. The number of rotatable bonds is 7. The molecule has 7 heteroatoms. The van der Waals surface area contributed by atoms with Gasteiger partial charge < -0.3 is 4.74 Å².